The highest BCUT2D eigenvalue weighted by Crippen LogP contribution is 2.37. The molecule has 3 aromatic rings. The first-order chi connectivity index (χ1) is 10.2. The number of hydrogen-bond donors (Lipinski definition) is 1. The number of pyridine rings is 1. The van der Waals surface area contributed by atoms with Crippen molar-refractivity contribution in [1.82, 2.24) is 14.6 Å². The Morgan fingerprint density at radius 3 is 2.67 bits per heavy atom. The molecule has 0 saturated carbocycles. The fraction of sp³-hybridized carbons (Fsp3) is 0.200. The molecule has 0 aliphatic heterocycles. The van der Waals surface area contributed by atoms with Gasteiger partial charge in [-0.1, -0.05) is 36.0 Å². The van der Waals surface area contributed by atoms with Crippen LogP contribution in [0.5, 0.6) is 0 Å². The number of fused-ring (bicyclic) bond motifs is 1. The minimum Gasteiger partial charge on any atom is -0.327 e. The first-order valence-electron chi connectivity index (χ1n) is 6.63. The molecule has 0 spiro atoms. The van der Waals surface area contributed by atoms with E-state index in [1.165, 1.54) is 17.8 Å². The van der Waals surface area contributed by atoms with E-state index in [0.29, 0.717) is 10.7 Å². The summed E-state index contributed by atoms with van der Waals surface area (Å²) in [5.41, 5.74) is 7.40. The van der Waals surface area contributed by atoms with Gasteiger partial charge < -0.3 is 5.73 Å². The minimum atomic E-state index is -0.249. The van der Waals surface area contributed by atoms with Gasteiger partial charge in [0.05, 0.1) is 5.25 Å². The van der Waals surface area contributed by atoms with E-state index in [4.69, 9.17) is 5.73 Å². The third kappa shape index (κ3) is 2.77. The van der Waals surface area contributed by atoms with Gasteiger partial charge in [-0.3, -0.25) is 4.40 Å². The van der Waals surface area contributed by atoms with E-state index in [9.17, 15) is 4.39 Å². The number of halogens is 1. The monoisotopic (exact) mass is 302 g/mol. The Morgan fingerprint density at radius 1 is 1.14 bits per heavy atom. The van der Waals surface area contributed by atoms with Crippen LogP contribution in [-0.2, 0) is 0 Å². The molecule has 1 aromatic carbocycles. The van der Waals surface area contributed by atoms with Crippen LogP contribution in [0.1, 0.15) is 17.7 Å². The maximum atomic E-state index is 14.0. The second-order valence-electron chi connectivity index (χ2n) is 4.83. The lowest BCUT2D eigenvalue weighted by atomic mass is 10.1. The SMILES string of the molecule is CC(N)C(Sc1nnc2ccccn12)c1ccccc1F. The molecule has 2 heterocycles. The molecule has 108 valence electrons. The molecule has 0 bridgehead atoms. The fourth-order valence-electron chi connectivity index (χ4n) is 2.17. The zero-order valence-corrected chi connectivity index (χ0v) is 12.3. The third-order valence-electron chi connectivity index (χ3n) is 3.20. The molecule has 6 heteroatoms. The van der Waals surface area contributed by atoms with Gasteiger partial charge in [0, 0.05) is 17.8 Å². The predicted molar refractivity (Wildman–Crippen MR) is 81.6 cm³/mol. The van der Waals surface area contributed by atoms with Gasteiger partial charge in [-0.05, 0) is 25.1 Å². The summed E-state index contributed by atoms with van der Waals surface area (Å²) in [6.45, 7) is 1.87. The molecule has 2 aromatic heterocycles. The van der Waals surface area contributed by atoms with Crippen LogP contribution in [0, 0.1) is 5.82 Å². The first kappa shape index (κ1) is 14.0. The van der Waals surface area contributed by atoms with Crippen molar-refractivity contribution in [3.63, 3.8) is 0 Å². The molecule has 0 aliphatic carbocycles. The normalized spacial score (nSPS) is 14.2. The highest BCUT2D eigenvalue weighted by Gasteiger charge is 2.23. The molecule has 2 unspecified atom stereocenters. The second-order valence-corrected chi connectivity index (χ2v) is 5.94. The zero-order valence-electron chi connectivity index (χ0n) is 11.5. The lowest BCUT2D eigenvalue weighted by Crippen LogP contribution is -2.23. The van der Waals surface area contributed by atoms with Gasteiger partial charge in [0.25, 0.3) is 0 Å². The Bertz CT molecular complexity index is 756. The summed E-state index contributed by atoms with van der Waals surface area (Å²) < 4.78 is 15.9. The maximum absolute atomic E-state index is 14.0. The van der Waals surface area contributed by atoms with E-state index in [0.717, 1.165) is 5.65 Å². The molecule has 2 atom stereocenters. The first-order valence-corrected chi connectivity index (χ1v) is 7.51. The van der Waals surface area contributed by atoms with Crippen molar-refractivity contribution >= 4 is 17.4 Å². The van der Waals surface area contributed by atoms with Crippen LogP contribution < -0.4 is 5.73 Å². The summed E-state index contributed by atoms with van der Waals surface area (Å²) in [6.07, 6.45) is 1.89. The van der Waals surface area contributed by atoms with Crippen LogP contribution in [0.4, 0.5) is 4.39 Å². The molecule has 2 N–H and O–H groups in total. The molecule has 0 saturated heterocycles. The van der Waals surface area contributed by atoms with E-state index in [-0.39, 0.29) is 17.1 Å². The molecular formula is C15H15FN4S. The van der Waals surface area contributed by atoms with Gasteiger partial charge in [-0.25, -0.2) is 4.39 Å². The Hall–Kier alpha value is -1.92. The molecule has 0 radical (unpaired) electrons. The molecule has 4 nitrogen and oxygen atoms in total. The van der Waals surface area contributed by atoms with Crippen molar-refractivity contribution < 1.29 is 4.39 Å². The van der Waals surface area contributed by atoms with Crippen molar-refractivity contribution in [2.75, 3.05) is 0 Å². The summed E-state index contributed by atoms with van der Waals surface area (Å²) in [4.78, 5) is 0. The second kappa shape index (κ2) is 5.83. The van der Waals surface area contributed by atoms with Gasteiger partial charge in [-0.2, -0.15) is 0 Å². The van der Waals surface area contributed by atoms with Crippen LogP contribution in [0.15, 0.2) is 53.8 Å². The smallest absolute Gasteiger partial charge is 0.196 e. The van der Waals surface area contributed by atoms with Crippen molar-refractivity contribution in [3.05, 3.63) is 60.0 Å². The molecular weight excluding hydrogens is 287 g/mol. The van der Waals surface area contributed by atoms with Crippen molar-refractivity contribution in [3.8, 4) is 0 Å². The highest BCUT2D eigenvalue weighted by molar-refractivity contribution is 7.99. The average molecular weight is 302 g/mol. The van der Waals surface area contributed by atoms with Crippen LogP contribution in [-0.4, -0.2) is 20.6 Å². The Morgan fingerprint density at radius 2 is 1.90 bits per heavy atom. The van der Waals surface area contributed by atoms with Gasteiger partial charge in [0.2, 0.25) is 0 Å². The van der Waals surface area contributed by atoms with Gasteiger partial charge in [0.1, 0.15) is 5.82 Å². The van der Waals surface area contributed by atoms with E-state index in [1.807, 2.05) is 41.8 Å². The minimum absolute atomic E-state index is 0.219. The predicted octanol–water partition coefficient (Wildman–Crippen LogP) is 3.05. The van der Waals surface area contributed by atoms with Crippen molar-refractivity contribution in [2.24, 2.45) is 5.73 Å². The lowest BCUT2D eigenvalue weighted by Gasteiger charge is -2.20. The highest BCUT2D eigenvalue weighted by atomic mass is 32.2. The molecule has 3 rings (SSSR count). The van der Waals surface area contributed by atoms with E-state index < -0.39 is 0 Å². The summed E-state index contributed by atoms with van der Waals surface area (Å²) in [5.74, 6) is -0.249. The fourth-order valence-corrected chi connectivity index (χ4v) is 3.29. The number of rotatable bonds is 4. The van der Waals surface area contributed by atoms with Gasteiger partial charge >= 0.3 is 0 Å². The number of benzene rings is 1. The number of thioether (sulfide) groups is 1. The van der Waals surface area contributed by atoms with Crippen molar-refractivity contribution in [1.29, 1.82) is 0 Å². The topological polar surface area (TPSA) is 56.2 Å². The van der Waals surface area contributed by atoms with Crippen molar-refractivity contribution in [2.45, 2.75) is 23.4 Å². The van der Waals surface area contributed by atoms with E-state index in [2.05, 4.69) is 10.2 Å². The maximum Gasteiger partial charge on any atom is 0.196 e. The van der Waals surface area contributed by atoms with Gasteiger partial charge in [0.15, 0.2) is 10.8 Å². The molecule has 0 fully saturated rings. The Labute approximate surface area is 126 Å². The summed E-state index contributed by atoms with van der Waals surface area (Å²) in [7, 11) is 0. The standard InChI is InChI=1S/C15H15FN4S/c1-10(17)14(11-6-2-3-7-12(11)16)21-15-19-18-13-8-4-5-9-20(13)15/h2-10,14H,17H2,1H3. The molecule has 21 heavy (non-hydrogen) atoms. The number of aromatic nitrogens is 3. The Kier molecular flexibility index (Phi) is 3.90. The number of hydrogen-bond acceptors (Lipinski definition) is 4. The average Bonchev–Trinajstić information content (AvgIpc) is 2.89. The zero-order chi connectivity index (χ0) is 14.8. The number of nitrogens with zero attached hydrogens (tertiary/aromatic N) is 3. The Balaban J connectivity index is 1.98. The largest absolute Gasteiger partial charge is 0.327 e. The molecule has 0 aliphatic rings. The van der Waals surface area contributed by atoms with Crippen LogP contribution in [0.3, 0.4) is 0 Å². The van der Waals surface area contributed by atoms with Crippen LogP contribution in [0.25, 0.3) is 5.65 Å². The quantitative estimate of drug-likeness (QED) is 0.753. The summed E-state index contributed by atoms with van der Waals surface area (Å²) >= 11 is 1.42. The number of nitrogens with two attached hydrogens (primary N) is 1. The lowest BCUT2D eigenvalue weighted by molar-refractivity contribution is 0.591. The van der Waals surface area contributed by atoms with Gasteiger partial charge in [-0.15, -0.1) is 10.2 Å². The van der Waals surface area contributed by atoms with Crippen LogP contribution in [0.2, 0.25) is 0 Å². The summed E-state index contributed by atoms with van der Waals surface area (Å²) in [6, 6.07) is 12.2. The van der Waals surface area contributed by atoms with Crippen LogP contribution >= 0.6 is 11.8 Å². The molecule has 0 amide bonds. The van der Waals surface area contributed by atoms with E-state index >= 15 is 0 Å². The third-order valence-corrected chi connectivity index (χ3v) is 4.63. The summed E-state index contributed by atoms with van der Waals surface area (Å²) in [5, 5.41) is 8.76. The van der Waals surface area contributed by atoms with E-state index in [1.54, 1.807) is 12.1 Å².